The molecule has 1 amide bonds. The molecule has 29 heavy (non-hydrogen) atoms. The average Bonchev–Trinajstić information content (AvgIpc) is 3.40. The molecule has 2 fully saturated rings. The van der Waals surface area contributed by atoms with Crippen molar-refractivity contribution in [2.24, 2.45) is 0 Å². The van der Waals surface area contributed by atoms with Crippen molar-refractivity contribution in [1.29, 1.82) is 0 Å². The molecule has 4 rings (SSSR count). The van der Waals surface area contributed by atoms with E-state index in [0.29, 0.717) is 18.2 Å². The van der Waals surface area contributed by atoms with Crippen LogP contribution in [0.2, 0.25) is 0 Å². The number of carbonyl (C=O) groups excluding carboxylic acids is 1. The standard InChI is InChI=1S/C21H27N3O4S/c1-26-16-6-4-15(5-7-16)17-14-29-20(22-17)23-19(25)13-24-10-9-21(8-3-11-28-21)18(12-24)27-2/h4-7,14,18H,3,8-13H2,1-2H3,(H,22,23,25)/t18-,21+/m1/s1. The van der Waals surface area contributed by atoms with Crippen molar-refractivity contribution in [2.75, 3.05) is 45.8 Å². The first-order valence-corrected chi connectivity index (χ1v) is 10.8. The molecule has 1 N–H and O–H groups in total. The van der Waals surface area contributed by atoms with Crippen molar-refractivity contribution < 1.29 is 19.0 Å². The van der Waals surface area contributed by atoms with Gasteiger partial charge in [0.25, 0.3) is 0 Å². The zero-order valence-corrected chi connectivity index (χ0v) is 17.7. The van der Waals surface area contributed by atoms with E-state index >= 15 is 0 Å². The molecular formula is C21H27N3O4S. The van der Waals surface area contributed by atoms with E-state index in [2.05, 4.69) is 15.2 Å². The number of methoxy groups -OCH3 is 2. The second-order valence-electron chi connectivity index (χ2n) is 7.54. The van der Waals surface area contributed by atoms with E-state index in [-0.39, 0.29) is 17.6 Å². The lowest BCUT2D eigenvalue weighted by atomic mass is 9.86. The summed E-state index contributed by atoms with van der Waals surface area (Å²) < 4.78 is 16.9. The van der Waals surface area contributed by atoms with Crippen LogP contribution in [0.4, 0.5) is 5.13 Å². The number of anilines is 1. The zero-order chi connectivity index (χ0) is 20.3. The van der Waals surface area contributed by atoms with Gasteiger partial charge in [0.1, 0.15) is 5.75 Å². The Hall–Kier alpha value is -2.00. The summed E-state index contributed by atoms with van der Waals surface area (Å²) in [6, 6.07) is 7.71. The SMILES string of the molecule is COc1ccc(-c2csc(NC(=O)CN3CC[C@@]4(CCCO4)[C@H](OC)C3)n2)cc1. The van der Waals surface area contributed by atoms with Crippen molar-refractivity contribution in [3.05, 3.63) is 29.6 Å². The molecule has 2 saturated heterocycles. The van der Waals surface area contributed by atoms with Gasteiger partial charge in [-0.1, -0.05) is 0 Å². The van der Waals surface area contributed by atoms with Crippen molar-refractivity contribution in [2.45, 2.75) is 31.0 Å². The number of aromatic nitrogens is 1. The number of amides is 1. The zero-order valence-electron chi connectivity index (χ0n) is 16.8. The molecule has 1 aromatic heterocycles. The summed E-state index contributed by atoms with van der Waals surface area (Å²) in [6.07, 6.45) is 3.03. The van der Waals surface area contributed by atoms with Gasteiger partial charge in [0.2, 0.25) is 5.91 Å². The van der Waals surface area contributed by atoms with Crippen LogP contribution in [0.5, 0.6) is 5.75 Å². The molecule has 156 valence electrons. The Morgan fingerprint density at radius 3 is 2.86 bits per heavy atom. The van der Waals surface area contributed by atoms with Crippen LogP contribution in [0, 0.1) is 0 Å². The highest BCUT2D eigenvalue weighted by Gasteiger charge is 2.46. The van der Waals surface area contributed by atoms with Crippen molar-refractivity contribution in [3.63, 3.8) is 0 Å². The normalized spacial score (nSPS) is 24.7. The number of hydrogen-bond acceptors (Lipinski definition) is 7. The van der Waals surface area contributed by atoms with Gasteiger partial charge in [-0.2, -0.15) is 0 Å². The van der Waals surface area contributed by atoms with Gasteiger partial charge in [0.15, 0.2) is 5.13 Å². The third-order valence-corrected chi connectivity index (χ3v) is 6.54. The van der Waals surface area contributed by atoms with E-state index in [0.717, 1.165) is 49.4 Å². The summed E-state index contributed by atoms with van der Waals surface area (Å²) >= 11 is 1.43. The maximum Gasteiger partial charge on any atom is 0.240 e. The number of ether oxygens (including phenoxy) is 3. The lowest BCUT2D eigenvalue weighted by molar-refractivity contribution is -0.145. The monoisotopic (exact) mass is 417 g/mol. The third kappa shape index (κ3) is 4.45. The smallest absolute Gasteiger partial charge is 0.240 e. The van der Waals surface area contributed by atoms with Crippen molar-refractivity contribution >= 4 is 22.4 Å². The van der Waals surface area contributed by atoms with Gasteiger partial charge in [-0.3, -0.25) is 9.69 Å². The number of nitrogens with zero attached hydrogens (tertiary/aromatic N) is 2. The Morgan fingerprint density at radius 2 is 2.17 bits per heavy atom. The van der Waals surface area contributed by atoms with E-state index < -0.39 is 0 Å². The summed E-state index contributed by atoms with van der Waals surface area (Å²) in [5.74, 6) is 0.747. The predicted octanol–water partition coefficient (Wildman–Crippen LogP) is 3.03. The van der Waals surface area contributed by atoms with Gasteiger partial charge in [-0.25, -0.2) is 4.98 Å². The van der Waals surface area contributed by atoms with E-state index in [9.17, 15) is 4.79 Å². The Labute approximate surface area is 175 Å². The number of rotatable bonds is 6. The number of likely N-dealkylation sites (tertiary alicyclic amines) is 1. The van der Waals surface area contributed by atoms with Crippen LogP contribution in [-0.4, -0.2) is 68.0 Å². The highest BCUT2D eigenvalue weighted by atomic mass is 32.1. The minimum absolute atomic E-state index is 0.00749. The molecule has 0 aliphatic carbocycles. The number of nitrogens with one attached hydrogen (secondary N) is 1. The fourth-order valence-electron chi connectivity index (χ4n) is 4.19. The number of carbonyl (C=O) groups is 1. The van der Waals surface area contributed by atoms with Crippen molar-refractivity contribution in [3.8, 4) is 17.0 Å². The first-order chi connectivity index (χ1) is 14.1. The minimum atomic E-state index is -0.162. The Morgan fingerprint density at radius 1 is 1.34 bits per heavy atom. The summed E-state index contributed by atoms with van der Waals surface area (Å²) in [4.78, 5) is 19.2. The maximum atomic E-state index is 12.5. The lowest BCUT2D eigenvalue weighted by Crippen LogP contribution is -2.57. The van der Waals surface area contributed by atoms with Gasteiger partial charge >= 0.3 is 0 Å². The second kappa shape index (κ2) is 8.79. The fraction of sp³-hybridized carbons (Fsp3) is 0.524. The molecule has 1 aromatic carbocycles. The van der Waals surface area contributed by atoms with Gasteiger partial charge in [-0.15, -0.1) is 11.3 Å². The Balaban J connectivity index is 1.32. The Bertz CT molecular complexity index is 833. The topological polar surface area (TPSA) is 72.9 Å². The van der Waals surface area contributed by atoms with E-state index in [4.69, 9.17) is 14.2 Å². The lowest BCUT2D eigenvalue weighted by Gasteiger charge is -2.44. The summed E-state index contributed by atoms with van der Waals surface area (Å²) in [5, 5.41) is 5.48. The first kappa shape index (κ1) is 20.3. The number of piperidine rings is 1. The van der Waals surface area contributed by atoms with Crippen LogP contribution in [0.3, 0.4) is 0 Å². The number of thiazole rings is 1. The first-order valence-electron chi connectivity index (χ1n) is 9.91. The number of hydrogen-bond donors (Lipinski definition) is 1. The fourth-order valence-corrected chi connectivity index (χ4v) is 4.93. The van der Waals surface area contributed by atoms with Gasteiger partial charge in [-0.05, 0) is 43.5 Å². The molecule has 0 bridgehead atoms. The van der Waals surface area contributed by atoms with Crippen LogP contribution in [0.25, 0.3) is 11.3 Å². The van der Waals surface area contributed by atoms with E-state index in [1.165, 1.54) is 11.3 Å². The second-order valence-corrected chi connectivity index (χ2v) is 8.40. The third-order valence-electron chi connectivity index (χ3n) is 5.78. The minimum Gasteiger partial charge on any atom is -0.497 e. The summed E-state index contributed by atoms with van der Waals surface area (Å²) in [6.45, 7) is 2.68. The molecule has 2 aromatic rings. The van der Waals surface area contributed by atoms with Gasteiger partial charge in [0.05, 0.1) is 31.1 Å². The molecule has 0 saturated carbocycles. The predicted molar refractivity (Wildman–Crippen MR) is 113 cm³/mol. The summed E-state index contributed by atoms with van der Waals surface area (Å²) in [5.41, 5.74) is 1.67. The van der Waals surface area contributed by atoms with Crippen molar-refractivity contribution in [1.82, 2.24) is 9.88 Å². The molecule has 2 atom stereocenters. The molecule has 0 radical (unpaired) electrons. The average molecular weight is 418 g/mol. The quantitative estimate of drug-likeness (QED) is 0.779. The molecule has 7 nitrogen and oxygen atoms in total. The van der Waals surface area contributed by atoms with Crippen LogP contribution >= 0.6 is 11.3 Å². The van der Waals surface area contributed by atoms with E-state index in [1.807, 2.05) is 29.6 Å². The van der Waals surface area contributed by atoms with Crippen LogP contribution in [0.1, 0.15) is 19.3 Å². The molecule has 1 spiro atoms. The largest absolute Gasteiger partial charge is 0.497 e. The van der Waals surface area contributed by atoms with Crippen LogP contribution < -0.4 is 10.1 Å². The highest BCUT2D eigenvalue weighted by Crippen LogP contribution is 2.37. The van der Waals surface area contributed by atoms with Gasteiger partial charge in [0, 0.05) is 37.7 Å². The molecule has 2 aliphatic heterocycles. The molecule has 3 heterocycles. The molecule has 2 aliphatic rings. The summed E-state index contributed by atoms with van der Waals surface area (Å²) in [7, 11) is 3.37. The van der Waals surface area contributed by atoms with Gasteiger partial charge < -0.3 is 19.5 Å². The van der Waals surface area contributed by atoms with E-state index in [1.54, 1.807) is 14.2 Å². The van der Waals surface area contributed by atoms with Crippen LogP contribution in [-0.2, 0) is 14.3 Å². The molecule has 0 unspecified atom stereocenters. The molecule has 8 heteroatoms. The van der Waals surface area contributed by atoms with Crippen LogP contribution in [0.15, 0.2) is 29.6 Å². The highest BCUT2D eigenvalue weighted by molar-refractivity contribution is 7.14. The number of benzene rings is 1. The Kier molecular flexibility index (Phi) is 6.15. The maximum absolute atomic E-state index is 12.5. The molecular weight excluding hydrogens is 390 g/mol.